The second-order valence-electron chi connectivity index (χ2n) is 6.77. The summed E-state index contributed by atoms with van der Waals surface area (Å²) in [6.07, 6.45) is 1.95. The molecule has 0 aliphatic rings. The second-order valence-corrected chi connectivity index (χ2v) is 7.65. The molecular formula is C22H25NO4S. The number of nitrogens with one attached hydrogen (secondary N) is 1. The van der Waals surface area contributed by atoms with Gasteiger partial charge in [0.05, 0.1) is 0 Å². The third-order valence-electron chi connectivity index (χ3n) is 4.35. The molecule has 6 heteroatoms. The quantitative estimate of drug-likeness (QED) is 0.414. The largest absolute Gasteiger partial charge is 0.456 e. The van der Waals surface area contributed by atoms with Crippen LogP contribution >= 0.6 is 11.8 Å². The number of amides is 1. The topological polar surface area (TPSA) is 72.5 Å². The molecule has 5 nitrogen and oxygen atoms in total. The second kappa shape index (κ2) is 10.1. The molecule has 148 valence electrons. The van der Waals surface area contributed by atoms with E-state index in [0.29, 0.717) is 11.1 Å². The molecule has 28 heavy (non-hydrogen) atoms. The first-order valence-electron chi connectivity index (χ1n) is 9.04. The van der Waals surface area contributed by atoms with Gasteiger partial charge in [-0.15, -0.1) is 11.8 Å². The number of ether oxygens (including phenoxy) is 1. The Morgan fingerprint density at radius 2 is 1.68 bits per heavy atom. The zero-order chi connectivity index (χ0) is 20.7. The Labute approximate surface area is 169 Å². The van der Waals surface area contributed by atoms with Gasteiger partial charge in [0.25, 0.3) is 5.91 Å². The first-order valence-corrected chi connectivity index (χ1v) is 10.3. The minimum Gasteiger partial charge on any atom is -0.456 e. The Balaban J connectivity index is 1.99. The number of Topliss-reactive ketones (excluding diaryl/α,β-unsaturated/α-hetero) is 1. The molecule has 0 aliphatic carbocycles. The van der Waals surface area contributed by atoms with Crippen molar-refractivity contribution in [3.8, 4) is 0 Å². The van der Waals surface area contributed by atoms with Gasteiger partial charge in [0.15, 0.2) is 12.4 Å². The standard InChI is InChI=1S/C22H25NO4S/c1-14(2)20(23-21(25)18-8-6-5-7-15(18)3)22(26)27-13-19(24)16-9-11-17(28-4)12-10-16/h5-12,14,20H,13H2,1-4H3,(H,23,25)/t20-/m0/s1. The van der Waals surface area contributed by atoms with E-state index in [1.54, 1.807) is 36.0 Å². The third-order valence-corrected chi connectivity index (χ3v) is 5.10. The monoisotopic (exact) mass is 399 g/mol. The van der Waals surface area contributed by atoms with E-state index in [1.807, 2.05) is 51.3 Å². The van der Waals surface area contributed by atoms with E-state index in [-0.39, 0.29) is 24.2 Å². The van der Waals surface area contributed by atoms with Gasteiger partial charge in [0.2, 0.25) is 0 Å². The highest BCUT2D eigenvalue weighted by Crippen LogP contribution is 2.15. The minimum absolute atomic E-state index is 0.184. The number of esters is 1. The third kappa shape index (κ3) is 5.70. The van der Waals surface area contributed by atoms with E-state index in [4.69, 9.17) is 4.74 Å². The molecule has 2 aromatic carbocycles. The Kier molecular flexibility index (Phi) is 7.81. The Morgan fingerprint density at radius 1 is 1.04 bits per heavy atom. The summed E-state index contributed by atoms with van der Waals surface area (Å²) in [4.78, 5) is 38.3. The highest BCUT2D eigenvalue weighted by atomic mass is 32.2. The summed E-state index contributed by atoms with van der Waals surface area (Å²) in [6, 6.07) is 13.4. The van der Waals surface area contributed by atoms with Crippen LogP contribution in [0.5, 0.6) is 0 Å². The van der Waals surface area contributed by atoms with Gasteiger partial charge in [-0.05, 0) is 42.9 Å². The van der Waals surface area contributed by atoms with Crippen molar-refractivity contribution >= 4 is 29.4 Å². The summed E-state index contributed by atoms with van der Waals surface area (Å²) < 4.78 is 5.20. The lowest BCUT2D eigenvalue weighted by molar-refractivity contribution is -0.145. The van der Waals surface area contributed by atoms with Crippen molar-refractivity contribution < 1.29 is 19.1 Å². The fraction of sp³-hybridized carbons (Fsp3) is 0.318. The van der Waals surface area contributed by atoms with Gasteiger partial charge in [-0.2, -0.15) is 0 Å². The van der Waals surface area contributed by atoms with Gasteiger partial charge in [-0.25, -0.2) is 4.79 Å². The number of ketones is 1. The average Bonchev–Trinajstić information content (AvgIpc) is 2.69. The average molecular weight is 400 g/mol. The molecular weight excluding hydrogens is 374 g/mol. The number of carbonyl (C=O) groups is 3. The number of rotatable bonds is 8. The molecule has 1 N–H and O–H groups in total. The van der Waals surface area contributed by atoms with Crippen LogP contribution in [-0.4, -0.2) is 36.6 Å². The molecule has 0 aliphatic heterocycles. The smallest absolute Gasteiger partial charge is 0.329 e. The lowest BCUT2D eigenvalue weighted by Gasteiger charge is -2.21. The van der Waals surface area contributed by atoms with Crippen LogP contribution in [0.25, 0.3) is 0 Å². The number of hydrogen-bond acceptors (Lipinski definition) is 5. The molecule has 0 bridgehead atoms. The van der Waals surface area contributed by atoms with E-state index in [2.05, 4.69) is 5.32 Å². The number of hydrogen-bond donors (Lipinski definition) is 1. The van der Waals surface area contributed by atoms with Crippen molar-refractivity contribution in [1.82, 2.24) is 5.32 Å². The Bertz CT molecular complexity index is 846. The van der Waals surface area contributed by atoms with E-state index in [9.17, 15) is 14.4 Å². The minimum atomic E-state index is -0.834. The molecule has 0 spiro atoms. The first-order chi connectivity index (χ1) is 13.3. The maximum Gasteiger partial charge on any atom is 0.329 e. The summed E-state index contributed by atoms with van der Waals surface area (Å²) in [5, 5.41) is 2.72. The maximum absolute atomic E-state index is 12.5. The van der Waals surface area contributed by atoms with Crippen LogP contribution in [0.15, 0.2) is 53.4 Å². The zero-order valence-electron chi connectivity index (χ0n) is 16.5. The molecule has 0 aromatic heterocycles. The SMILES string of the molecule is CSc1ccc(C(=O)COC(=O)[C@@H](NC(=O)c2ccccc2C)C(C)C)cc1. The van der Waals surface area contributed by atoms with Crippen molar-refractivity contribution in [2.24, 2.45) is 5.92 Å². The van der Waals surface area contributed by atoms with E-state index < -0.39 is 12.0 Å². The molecule has 2 rings (SSSR count). The summed E-state index contributed by atoms with van der Waals surface area (Å²) in [7, 11) is 0. The fourth-order valence-electron chi connectivity index (χ4n) is 2.63. The van der Waals surface area contributed by atoms with Crippen molar-refractivity contribution in [1.29, 1.82) is 0 Å². The predicted octanol–water partition coefficient (Wildman–Crippen LogP) is 3.90. The number of benzene rings is 2. The number of thioether (sulfide) groups is 1. The van der Waals surface area contributed by atoms with Crippen LogP contribution in [0.3, 0.4) is 0 Å². The highest BCUT2D eigenvalue weighted by molar-refractivity contribution is 7.98. The van der Waals surface area contributed by atoms with Gasteiger partial charge in [-0.1, -0.05) is 44.2 Å². The summed E-state index contributed by atoms with van der Waals surface area (Å²) in [6.45, 7) is 5.10. The van der Waals surface area contributed by atoms with Gasteiger partial charge >= 0.3 is 5.97 Å². The van der Waals surface area contributed by atoms with Gasteiger partial charge in [-0.3, -0.25) is 9.59 Å². The molecule has 0 heterocycles. The Hall–Kier alpha value is -2.60. The lowest BCUT2D eigenvalue weighted by Crippen LogP contribution is -2.45. The van der Waals surface area contributed by atoms with Crippen LogP contribution in [-0.2, 0) is 9.53 Å². The molecule has 1 atom stereocenters. The van der Waals surface area contributed by atoms with Crippen LogP contribution in [0.4, 0.5) is 0 Å². The highest BCUT2D eigenvalue weighted by Gasteiger charge is 2.27. The number of aryl methyl sites for hydroxylation is 1. The summed E-state index contributed by atoms with van der Waals surface area (Å²) in [5.74, 6) is -1.43. The van der Waals surface area contributed by atoms with Crippen LogP contribution in [0.2, 0.25) is 0 Å². The summed E-state index contributed by atoms with van der Waals surface area (Å²) in [5.41, 5.74) is 1.81. The normalized spacial score (nSPS) is 11.8. The lowest BCUT2D eigenvalue weighted by atomic mass is 10.0. The van der Waals surface area contributed by atoms with Crippen molar-refractivity contribution in [2.75, 3.05) is 12.9 Å². The van der Waals surface area contributed by atoms with Gasteiger partial charge in [0, 0.05) is 16.0 Å². The van der Waals surface area contributed by atoms with Gasteiger partial charge < -0.3 is 10.1 Å². The molecule has 0 unspecified atom stereocenters. The number of carbonyl (C=O) groups excluding carboxylic acids is 3. The van der Waals surface area contributed by atoms with Crippen molar-refractivity contribution in [3.05, 3.63) is 65.2 Å². The van der Waals surface area contributed by atoms with E-state index >= 15 is 0 Å². The molecule has 0 radical (unpaired) electrons. The van der Waals surface area contributed by atoms with E-state index in [0.717, 1.165) is 10.5 Å². The molecule has 0 saturated heterocycles. The zero-order valence-corrected chi connectivity index (χ0v) is 17.3. The summed E-state index contributed by atoms with van der Waals surface area (Å²) >= 11 is 1.58. The molecule has 2 aromatic rings. The first kappa shape index (κ1) is 21.7. The van der Waals surface area contributed by atoms with Crippen molar-refractivity contribution in [2.45, 2.75) is 31.7 Å². The maximum atomic E-state index is 12.5. The van der Waals surface area contributed by atoms with Crippen LogP contribution in [0, 0.1) is 12.8 Å². The van der Waals surface area contributed by atoms with Crippen LogP contribution in [0.1, 0.15) is 40.1 Å². The van der Waals surface area contributed by atoms with Crippen molar-refractivity contribution in [3.63, 3.8) is 0 Å². The van der Waals surface area contributed by atoms with Crippen LogP contribution < -0.4 is 5.32 Å². The van der Waals surface area contributed by atoms with Gasteiger partial charge in [0.1, 0.15) is 6.04 Å². The Morgan fingerprint density at radius 3 is 2.25 bits per heavy atom. The molecule has 0 fully saturated rings. The molecule has 0 saturated carbocycles. The fourth-order valence-corrected chi connectivity index (χ4v) is 3.04. The van der Waals surface area contributed by atoms with E-state index in [1.165, 1.54) is 0 Å². The predicted molar refractivity (Wildman–Crippen MR) is 111 cm³/mol. The molecule has 1 amide bonds.